The Morgan fingerprint density at radius 1 is 1.19 bits per heavy atom. The zero-order valence-corrected chi connectivity index (χ0v) is 9.19. The van der Waals surface area contributed by atoms with Gasteiger partial charge in [-0.3, -0.25) is 0 Å². The van der Waals surface area contributed by atoms with Crippen molar-refractivity contribution < 1.29 is 13.9 Å². The summed E-state index contributed by atoms with van der Waals surface area (Å²) in [6.45, 7) is 3.91. The molecule has 0 unspecified atom stereocenters. The largest absolute Gasteiger partial charge is 0.457 e. The molecule has 3 nitrogen and oxygen atoms in total. The summed E-state index contributed by atoms with van der Waals surface area (Å²) in [5.41, 5.74) is 2.12. The van der Waals surface area contributed by atoms with Crippen LogP contribution < -0.4 is 4.74 Å². The van der Waals surface area contributed by atoms with Gasteiger partial charge < -0.3 is 9.15 Å². The lowest BCUT2D eigenvalue weighted by Crippen LogP contribution is -2.07. The van der Waals surface area contributed by atoms with Crippen molar-refractivity contribution in [2.75, 3.05) is 0 Å². The maximum atomic E-state index is 11.6. The van der Waals surface area contributed by atoms with E-state index in [1.807, 2.05) is 32.0 Å². The van der Waals surface area contributed by atoms with Gasteiger partial charge in [-0.1, -0.05) is 6.07 Å². The monoisotopic (exact) mass is 216 g/mol. The van der Waals surface area contributed by atoms with E-state index >= 15 is 0 Å². The number of aryl methyl sites for hydroxylation is 2. The van der Waals surface area contributed by atoms with Gasteiger partial charge in [0, 0.05) is 0 Å². The van der Waals surface area contributed by atoms with Crippen molar-refractivity contribution in [3.63, 3.8) is 0 Å². The molecule has 0 amide bonds. The maximum Gasteiger partial charge on any atom is 0.379 e. The van der Waals surface area contributed by atoms with Crippen molar-refractivity contribution in [3.8, 4) is 5.75 Å². The third kappa shape index (κ3) is 2.31. The Kier molecular flexibility index (Phi) is 2.77. The minimum Gasteiger partial charge on any atom is -0.457 e. The van der Waals surface area contributed by atoms with Crippen molar-refractivity contribution in [1.82, 2.24) is 0 Å². The Bertz CT molecular complexity index is 478. The fourth-order valence-electron chi connectivity index (χ4n) is 1.54. The van der Waals surface area contributed by atoms with E-state index in [2.05, 4.69) is 0 Å². The van der Waals surface area contributed by atoms with Crippen LogP contribution in [0.25, 0.3) is 0 Å². The Hall–Kier alpha value is -2.03. The van der Waals surface area contributed by atoms with Crippen molar-refractivity contribution in [1.29, 1.82) is 0 Å². The summed E-state index contributed by atoms with van der Waals surface area (Å²) >= 11 is 0. The number of carbonyl (C=O) groups is 1. The lowest BCUT2D eigenvalue weighted by Gasteiger charge is -2.04. The van der Waals surface area contributed by atoms with Crippen LogP contribution in [0.3, 0.4) is 0 Å². The van der Waals surface area contributed by atoms with Crippen LogP contribution in [-0.4, -0.2) is 5.97 Å². The first kappa shape index (κ1) is 10.5. The first-order valence-corrected chi connectivity index (χ1v) is 4.99. The number of furan rings is 1. The molecule has 3 heteroatoms. The predicted molar refractivity (Wildman–Crippen MR) is 59.6 cm³/mol. The molecule has 0 atom stereocenters. The van der Waals surface area contributed by atoms with E-state index in [0.29, 0.717) is 5.75 Å². The molecule has 2 aromatic rings. The molecule has 0 aliphatic rings. The van der Waals surface area contributed by atoms with E-state index in [4.69, 9.17) is 9.15 Å². The number of esters is 1. The smallest absolute Gasteiger partial charge is 0.379 e. The molecule has 82 valence electrons. The molecule has 0 bridgehead atoms. The highest BCUT2D eigenvalue weighted by Crippen LogP contribution is 2.17. The standard InChI is InChI=1S/C13H12O3/c1-9-6-10(2)8-11(7-9)16-13(14)12-4-3-5-15-12/h3-8H,1-2H3. The van der Waals surface area contributed by atoms with Crippen LogP contribution in [0.4, 0.5) is 0 Å². The molecule has 0 saturated heterocycles. The van der Waals surface area contributed by atoms with Crippen molar-refractivity contribution >= 4 is 5.97 Å². The molecule has 0 radical (unpaired) electrons. The Morgan fingerprint density at radius 3 is 2.44 bits per heavy atom. The molecule has 1 heterocycles. The summed E-state index contributed by atoms with van der Waals surface area (Å²) in [5.74, 6) is 0.271. The van der Waals surface area contributed by atoms with E-state index in [1.165, 1.54) is 6.26 Å². The van der Waals surface area contributed by atoms with Crippen molar-refractivity contribution in [2.45, 2.75) is 13.8 Å². The van der Waals surface area contributed by atoms with Gasteiger partial charge in [-0.25, -0.2) is 4.79 Å². The number of benzene rings is 1. The molecule has 0 fully saturated rings. The summed E-state index contributed by atoms with van der Waals surface area (Å²) in [6.07, 6.45) is 1.44. The minimum atomic E-state index is -0.477. The van der Waals surface area contributed by atoms with E-state index < -0.39 is 5.97 Å². The molecule has 2 rings (SSSR count). The Morgan fingerprint density at radius 2 is 1.88 bits per heavy atom. The molecule has 1 aromatic carbocycles. The molecule has 1 aromatic heterocycles. The molecule has 0 aliphatic heterocycles. The fourth-order valence-corrected chi connectivity index (χ4v) is 1.54. The number of carbonyl (C=O) groups excluding carboxylic acids is 1. The Balaban J connectivity index is 2.18. The third-order valence-corrected chi connectivity index (χ3v) is 2.13. The normalized spacial score (nSPS) is 10.1. The zero-order valence-electron chi connectivity index (χ0n) is 9.19. The SMILES string of the molecule is Cc1cc(C)cc(OC(=O)c2ccco2)c1. The molecule has 0 N–H and O–H groups in total. The number of hydrogen-bond donors (Lipinski definition) is 0. The summed E-state index contributed by atoms with van der Waals surface area (Å²) in [6, 6.07) is 8.87. The van der Waals surface area contributed by atoms with Gasteiger partial charge in [0.2, 0.25) is 5.76 Å². The van der Waals surface area contributed by atoms with Gasteiger partial charge in [0.15, 0.2) is 0 Å². The van der Waals surface area contributed by atoms with Gasteiger partial charge in [0.25, 0.3) is 0 Å². The number of hydrogen-bond acceptors (Lipinski definition) is 3. The molecular weight excluding hydrogens is 204 g/mol. The number of ether oxygens (including phenoxy) is 1. The highest BCUT2D eigenvalue weighted by Gasteiger charge is 2.11. The van der Waals surface area contributed by atoms with Gasteiger partial charge in [-0.2, -0.15) is 0 Å². The highest BCUT2D eigenvalue weighted by atomic mass is 16.5. The summed E-state index contributed by atoms with van der Waals surface area (Å²) < 4.78 is 10.1. The van der Waals surface area contributed by atoms with Crippen LogP contribution in [0.5, 0.6) is 5.75 Å². The molecular formula is C13H12O3. The fraction of sp³-hybridized carbons (Fsp3) is 0.154. The quantitative estimate of drug-likeness (QED) is 0.572. The predicted octanol–water partition coefficient (Wildman–Crippen LogP) is 3.12. The van der Waals surface area contributed by atoms with Gasteiger partial charge in [0.05, 0.1) is 6.26 Å². The first-order valence-electron chi connectivity index (χ1n) is 4.99. The average molecular weight is 216 g/mol. The van der Waals surface area contributed by atoms with Crippen molar-refractivity contribution in [2.24, 2.45) is 0 Å². The van der Waals surface area contributed by atoms with Gasteiger partial charge in [0.1, 0.15) is 5.75 Å². The zero-order chi connectivity index (χ0) is 11.5. The van der Waals surface area contributed by atoms with Gasteiger partial charge >= 0.3 is 5.97 Å². The van der Waals surface area contributed by atoms with E-state index in [9.17, 15) is 4.79 Å². The molecule has 16 heavy (non-hydrogen) atoms. The first-order chi connectivity index (χ1) is 7.65. The van der Waals surface area contributed by atoms with Gasteiger partial charge in [-0.05, 0) is 49.2 Å². The second-order valence-corrected chi connectivity index (χ2v) is 3.69. The molecule has 0 saturated carbocycles. The lowest BCUT2D eigenvalue weighted by molar-refractivity contribution is 0.0701. The van der Waals surface area contributed by atoms with E-state index in [1.54, 1.807) is 12.1 Å². The van der Waals surface area contributed by atoms with Crippen LogP contribution in [-0.2, 0) is 0 Å². The maximum absolute atomic E-state index is 11.6. The van der Waals surface area contributed by atoms with Crippen LogP contribution in [0.15, 0.2) is 41.0 Å². The van der Waals surface area contributed by atoms with Crippen LogP contribution >= 0.6 is 0 Å². The van der Waals surface area contributed by atoms with Crippen LogP contribution in [0, 0.1) is 13.8 Å². The van der Waals surface area contributed by atoms with E-state index in [-0.39, 0.29) is 5.76 Å². The third-order valence-electron chi connectivity index (χ3n) is 2.13. The molecule has 0 aliphatic carbocycles. The summed E-state index contributed by atoms with van der Waals surface area (Å²) in [7, 11) is 0. The second-order valence-electron chi connectivity index (χ2n) is 3.69. The summed E-state index contributed by atoms with van der Waals surface area (Å²) in [4.78, 5) is 11.6. The topological polar surface area (TPSA) is 39.4 Å². The number of rotatable bonds is 2. The minimum absolute atomic E-state index is 0.208. The van der Waals surface area contributed by atoms with Crippen LogP contribution in [0.2, 0.25) is 0 Å². The second kappa shape index (κ2) is 4.23. The lowest BCUT2D eigenvalue weighted by atomic mass is 10.1. The van der Waals surface area contributed by atoms with Gasteiger partial charge in [-0.15, -0.1) is 0 Å². The molecule has 0 spiro atoms. The summed E-state index contributed by atoms with van der Waals surface area (Å²) in [5, 5.41) is 0. The van der Waals surface area contributed by atoms with E-state index in [0.717, 1.165) is 11.1 Å². The Labute approximate surface area is 93.7 Å². The van der Waals surface area contributed by atoms with Crippen LogP contribution in [0.1, 0.15) is 21.7 Å². The highest BCUT2D eigenvalue weighted by molar-refractivity contribution is 5.88. The van der Waals surface area contributed by atoms with Crippen molar-refractivity contribution in [3.05, 3.63) is 53.5 Å². The average Bonchev–Trinajstić information content (AvgIpc) is 2.68.